The van der Waals surface area contributed by atoms with E-state index in [1.807, 2.05) is 13.8 Å². The standard InChI is InChI=1S/C29H32Cl3N3O4S/c1-4-20(3)33-29(37)27(5-2)34(18-24-25(31)12-9-13-26(24)32)28(36)19-35(22-10-7-6-8-11-22)40(38,39)23-16-14-21(30)15-17-23/h6-17,20,27H,4-5,18-19H2,1-3H3,(H,33,37)/t20-,27-/m1/s1. The molecule has 0 saturated carbocycles. The highest BCUT2D eigenvalue weighted by molar-refractivity contribution is 7.92. The molecule has 40 heavy (non-hydrogen) atoms. The van der Waals surface area contributed by atoms with E-state index in [0.717, 1.165) is 4.31 Å². The number of nitrogens with zero attached hydrogens (tertiary/aromatic N) is 2. The Kier molecular flexibility index (Phi) is 11.3. The van der Waals surface area contributed by atoms with Crippen molar-refractivity contribution in [3.8, 4) is 0 Å². The summed E-state index contributed by atoms with van der Waals surface area (Å²) in [5.41, 5.74) is 0.749. The highest BCUT2D eigenvalue weighted by Crippen LogP contribution is 2.29. The van der Waals surface area contributed by atoms with Crippen molar-refractivity contribution in [2.75, 3.05) is 10.8 Å². The van der Waals surface area contributed by atoms with Gasteiger partial charge in [-0.05, 0) is 68.3 Å². The lowest BCUT2D eigenvalue weighted by Crippen LogP contribution is -2.53. The number of carbonyl (C=O) groups is 2. The van der Waals surface area contributed by atoms with E-state index < -0.39 is 28.5 Å². The topological polar surface area (TPSA) is 86.8 Å². The van der Waals surface area contributed by atoms with E-state index in [-0.39, 0.29) is 29.8 Å². The van der Waals surface area contributed by atoms with Crippen LogP contribution in [-0.4, -0.2) is 43.8 Å². The molecule has 3 aromatic rings. The molecule has 0 saturated heterocycles. The van der Waals surface area contributed by atoms with Gasteiger partial charge >= 0.3 is 0 Å². The Bertz CT molecular complexity index is 1400. The SMILES string of the molecule is CC[C@@H](C)NC(=O)[C@@H](CC)N(Cc1c(Cl)cccc1Cl)C(=O)CN(c1ccccc1)S(=O)(=O)c1ccc(Cl)cc1. The zero-order valence-electron chi connectivity index (χ0n) is 22.5. The minimum Gasteiger partial charge on any atom is -0.352 e. The summed E-state index contributed by atoms with van der Waals surface area (Å²) in [5.74, 6) is -0.941. The predicted molar refractivity (Wildman–Crippen MR) is 161 cm³/mol. The van der Waals surface area contributed by atoms with Crippen LogP contribution >= 0.6 is 34.8 Å². The Morgan fingerprint density at radius 1 is 0.850 bits per heavy atom. The first-order valence-corrected chi connectivity index (χ1v) is 15.4. The fourth-order valence-corrected chi connectivity index (χ4v) is 6.13. The summed E-state index contributed by atoms with van der Waals surface area (Å²) in [7, 11) is -4.19. The van der Waals surface area contributed by atoms with Crippen LogP contribution in [0.2, 0.25) is 15.1 Å². The van der Waals surface area contributed by atoms with Crippen molar-refractivity contribution in [2.45, 2.75) is 57.1 Å². The van der Waals surface area contributed by atoms with Crippen LogP contribution in [-0.2, 0) is 26.2 Å². The van der Waals surface area contributed by atoms with E-state index in [1.54, 1.807) is 55.5 Å². The molecule has 0 aliphatic rings. The van der Waals surface area contributed by atoms with Crippen LogP contribution in [0, 0.1) is 0 Å². The molecule has 0 spiro atoms. The van der Waals surface area contributed by atoms with Crippen LogP contribution in [0.4, 0.5) is 5.69 Å². The number of nitrogens with one attached hydrogen (secondary N) is 1. The summed E-state index contributed by atoms with van der Waals surface area (Å²) in [6, 6.07) is 18.0. The van der Waals surface area contributed by atoms with Gasteiger partial charge in [-0.1, -0.05) is 72.9 Å². The number of anilines is 1. The minimum atomic E-state index is -4.19. The fourth-order valence-electron chi connectivity index (χ4n) is 4.07. The number of para-hydroxylation sites is 1. The first-order chi connectivity index (χ1) is 19.0. The molecule has 0 heterocycles. The molecule has 0 unspecified atom stereocenters. The van der Waals surface area contributed by atoms with Crippen molar-refractivity contribution >= 4 is 62.3 Å². The third-order valence-corrected chi connectivity index (χ3v) is 9.25. The third kappa shape index (κ3) is 7.69. The molecule has 0 aromatic heterocycles. The molecular formula is C29H32Cl3N3O4S. The van der Waals surface area contributed by atoms with Gasteiger partial charge in [0, 0.05) is 33.2 Å². The molecule has 0 fully saturated rings. The van der Waals surface area contributed by atoms with Gasteiger partial charge in [0.1, 0.15) is 12.6 Å². The second kappa shape index (κ2) is 14.2. The Morgan fingerprint density at radius 2 is 1.45 bits per heavy atom. The van der Waals surface area contributed by atoms with Gasteiger partial charge in [-0.15, -0.1) is 0 Å². The number of benzene rings is 3. The number of hydrogen-bond donors (Lipinski definition) is 1. The molecule has 0 bridgehead atoms. The van der Waals surface area contributed by atoms with Crippen LogP contribution in [0.15, 0.2) is 77.7 Å². The zero-order valence-corrected chi connectivity index (χ0v) is 25.6. The molecule has 1 N–H and O–H groups in total. The van der Waals surface area contributed by atoms with Crippen molar-refractivity contribution in [2.24, 2.45) is 0 Å². The van der Waals surface area contributed by atoms with Gasteiger partial charge < -0.3 is 10.2 Å². The van der Waals surface area contributed by atoms with Gasteiger partial charge in [0.25, 0.3) is 10.0 Å². The summed E-state index contributed by atoms with van der Waals surface area (Å²) < 4.78 is 28.7. The van der Waals surface area contributed by atoms with Crippen molar-refractivity contribution in [3.63, 3.8) is 0 Å². The monoisotopic (exact) mass is 623 g/mol. The summed E-state index contributed by atoms with van der Waals surface area (Å²) in [6.45, 7) is 4.95. The average molecular weight is 625 g/mol. The molecule has 0 radical (unpaired) electrons. The summed E-state index contributed by atoms with van der Waals surface area (Å²) in [6.07, 6.45) is 0.985. The highest BCUT2D eigenvalue weighted by Gasteiger charge is 2.34. The fraction of sp³-hybridized carbons (Fsp3) is 0.310. The smallest absolute Gasteiger partial charge is 0.264 e. The van der Waals surface area contributed by atoms with Gasteiger partial charge in [-0.3, -0.25) is 13.9 Å². The van der Waals surface area contributed by atoms with Crippen LogP contribution < -0.4 is 9.62 Å². The lowest BCUT2D eigenvalue weighted by atomic mass is 10.1. The van der Waals surface area contributed by atoms with E-state index >= 15 is 0 Å². The molecule has 3 aromatic carbocycles. The van der Waals surface area contributed by atoms with Gasteiger partial charge in [0.15, 0.2) is 0 Å². The van der Waals surface area contributed by atoms with Crippen LogP contribution in [0.25, 0.3) is 0 Å². The quantitative estimate of drug-likeness (QED) is 0.247. The summed E-state index contributed by atoms with van der Waals surface area (Å²) in [4.78, 5) is 28.7. The number of rotatable bonds is 12. The van der Waals surface area contributed by atoms with E-state index in [2.05, 4.69) is 5.32 Å². The average Bonchev–Trinajstić information content (AvgIpc) is 2.93. The maximum Gasteiger partial charge on any atom is 0.264 e. The Hall–Kier alpha value is -2.78. The zero-order chi connectivity index (χ0) is 29.4. The molecule has 3 rings (SSSR count). The number of hydrogen-bond acceptors (Lipinski definition) is 4. The number of amides is 2. The molecule has 0 aliphatic heterocycles. The molecule has 0 aliphatic carbocycles. The molecule has 11 heteroatoms. The lowest BCUT2D eigenvalue weighted by Gasteiger charge is -2.34. The van der Waals surface area contributed by atoms with Gasteiger partial charge in [0.05, 0.1) is 10.6 Å². The summed E-state index contributed by atoms with van der Waals surface area (Å²) >= 11 is 18.9. The normalized spacial score (nSPS) is 12.8. The molecule has 2 atom stereocenters. The van der Waals surface area contributed by atoms with E-state index in [0.29, 0.717) is 32.7 Å². The Labute approximate surface area is 251 Å². The number of halogens is 3. The lowest BCUT2D eigenvalue weighted by molar-refractivity contribution is -0.140. The van der Waals surface area contributed by atoms with Crippen LogP contribution in [0.5, 0.6) is 0 Å². The Morgan fingerprint density at radius 3 is 2.00 bits per heavy atom. The van der Waals surface area contributed by atoms with Gasteiger partial charge in [-0.2, -0.15) is 0 Å². The second-order valence-corrected chi connectivity index (χ2v) is 12.4. The van der Waals surface area contributed by atoms with Gasteiger partial charge in [0.2, 0.25) is 11.8 Å². The molecule has 2 amide bonds. The maximum absolute atomic E-state index is 14.1. The first kappa shape index (κ1) is 31.7. The van der Waals surface area contributed by atoms with Crippen molar-refractivity contribution in [3.05, 3.63) is 93.4 Å². The van der Waals surface area contributed by atoms with Gasteiger partial charge in [-0.25, -0.2) is 8.42 Å². The van der Waals surface area contributed by atoms with E-state index in [1.165, 1.54) is 29.2 Å². The molecule has 7 nitrogen and oxygen atoms in total. The van der Waals surface area contributed by atoms with E-state index in [9.17, 15) is 18.0 Å². The van der Waals surface area contributed by atoms with Crippen molar-refractivity contribution in [1.29, 1.82) is 0 Å². The Balaban J connectivity index is 2.07. The minimum absolute atomic E-state index is 0.0317. The van der Waals surface area contributed by atoms with E-state index in [4.69, 9.17) is 34.8 Å². The number of carbonyl (C=O) groups excluding carboxylic acids is 2. The van der Waals surface area contributed by atoms with Crippen molar-refractivity contribution in [1.82, 2.24) is 10.2 Å². The second-order valence-electron chi connectivity index (χ2n) is 9.26. The summed E-state index contributed by atoms with van der Waals surface area (Å²) in [5, 5.41) is 3.97. The van der Waals surface area contributed by atoms with Crippen LogP contribution in [0.1, 0.15) is 39.2 Å². The third-order valence-electron chi connectivity index (χ3n) is 6.50. The van der Waals surface area contributed by atoms with Crippen molar-refractivity contribution < 1.29 is 18.0 Å². The highest BCUT2D eigenvalue weighted by atomic mass is 35.5. The molecular weight excluding hydrogens is 593 g/mol. The van der Waals surface area contributed by atoms with Crippen LogP contribution in [0.3, 0.4) is 0 Å². The molecule has 214 valence electrons. The first-order valence-electron chi connectivity index (χ1n) is 12.9. The predicted octanol–water partition coefficient (Wildman–Crippen LogP) is 6.56. The largest absolute Gasteiger partial charge is 0.352 e. The maximum atomic E-state index is 14.1. The number of sulfonamides is 1.